The predicted molar refractivity (Wildman–Crippen MR) is 99.6 cm³/mol. The van der Waals surface area contributed by atoms with Crippen molar-refractivity contribution in [2.75, 3.05) is 11.9 Å². The van der Waals surface area contributed by atoms with Crippen molar-refractivity contribution in [1.82, 2.24) is 0 Å². The van der Waals surface area contributed by atoms with Crippen LogP contribution in [0.4, 0.5) is 11.4 Å². The fraction of sp³-hybridized carbons (Fsp3) is 0.0526. The molecular formula is C19H14N2O8. The Kier molecular flexibility index (Phi) is 6.91. The molecule has 0 saturated heterocycles. The van der Waals surface area contributed by atoms with E-state index in [1.54, 1.807) is 0 Å². The largest absolute Gasteiger partial charge is 0.478 e. The van der Waals surface area contributed by atoms with Crippen molar-refractivity contribution >= 4 is 35.0 Å². The number of amides is 1. The molecule has 2 rings (SSSR count). The van der Waals surface area contributed by atoms with E-state index >= 15 is 0 Å². The monoisotopic (exact) mass is 398 g/mol. The third kappa shape index (κ3) is 6.40. The SMILES string of the molecule is O=C(O)C=CC(=O)Nc1ccc(C(=O)OCC(=O)c2cccc([N+](=O)[O-])c2)cc1. The number of carboxylic acid groups (broad SMARTS) is 1. The highest BCUT2D eigenvalue weighted by Crippen LogP contribution is 2.14. The van der Waals surface area contributed by atoms with Gasteiger partial charge in [0.2, 0.25) is 11.7 Å². The van der Waals surface area contributed by atoms with Crippen LogP contribution in [0, 0.1) is 10.1 Å². The zero-order valence-corrected chi connectivity index (χ0v) is 14.7. The number of rotatable bonds is 8. The van der Waals surface area contributed by atoms with E-state index in [-0.39, 0.29) is 16.8 Å². The van der Waals surface area contributed by atoms with E-state index in [9.17, 15) is 29.3 Å². The fourth-order valence-electron chi connectivity index (χ4n) is 2.11. The molecule has 2 aromatic carbocycles. The lowest BCUT2D eigenvalue weighted by Gasteiger charge is -2.06. The van der Waals surface area contributed by atoms with Crippen molar-refractivity contribution < 1.29 is 33.9 Å². The number of carbonyl (C=O) groups is 4. The summed E-state index contributed by atoms with van der Waals surface area (Å²) in [5.41, 5.74) is 0.211. The Morgan fingerprint density at radius 2 is 1.72 bits per heavy atom. The van der Waals surface area contributed by atoms with Gasteiger partial charge in [-0.15, -0.1) is 0 Å². The van der Waals surface area contributed by atoms with E-state index in [1.165, 1.54) is 42.5 Å². The van der Waals surface area contributed by atoms with Gasteiger partial charge in [0.25, 0.3) is 5.69 Å². The van der Waals surface area contributed by atoms with Gasteiger partial charge in [-0.1, -0.05) is 12.1 Å². The van der Waals surface area contributed by atoms with Crippen LogP contribution in [-0.2, 0) is 14.3 Å². The molecule has 0 spiro atoms. The van der Waals surface area contributed by atoms with Gasteiger partial charge in [0.05, 0.1) is 10.5 Å². The summed E-state index contributed by atoms with van der Waals surface area (Å²) in [6.45, 7) is -0.599. The summed E-state index contributed by atoms with van der Waals surface area (Å²) in [5, 5.41) is 21.6. The summed E-state index contributed by atoms with van der Waals surface area (Å²) >= 11 is 0. The van der Waals surface area contributed by atoms with Gasteiger partial charge in [0.15, 0.2) is 6.61 Å². The summed E-state index contributed by atoms with van der Waals surface area (Å²) in [6, 6.07) is 10.5. The first-order chi connectivity index (χ1) is 13.8. The van der Waals surface area contributed by atoms with Gasteiger partial charge >= 0.3 is 11.9 Å². The maximum absolute atomic E-state index is 12.0. The van der Waals surface area contributed by atoms with E-state index in [2.05, 4.69) is 5.32 Å². The standard InChI is InChI=1S/C19H14N2O8/c22-16(13-2-1-3-15(10-13)21(27)28)11-29-19(26)12-4-6-14(7-5-12)20-17(23)8-9-18(24)25/h1-10H,11H2,(H,20,23)(H,24,25). The maximum Gasteiger partial charge on any atom is 0.338 e. The van der Waals surface area contributed by atoms with Crippen molar-refractivity contribution in [2.24, 2.45) is 0 Å². The average Bonchev–Trinajstić information content (AvgIpc) is 2.70. The molecule has 0 saturated carbocycles. The fourth-order valence-corrected chi connectivity index (χ4v) is 2.11. The smallest absolute Gasteiger partial charge is 0.338 e. The van der Waals surface area contributed by atoms with Crippen LogP contribution >= 0.6 is 0 Å². The van der Waals surface area contributed by atoms with Gasteiger partial charge in [-0.3, -0.25) is 19.7 Å². The molecule has 148 valence electrons. The highest BCUT2D eigenvalue weighted by molar-refractivity contribution is 6.03. The Labute approximate surface area is 163 Å². The maximum atomic E-state index is 12.0. The number of aliphatic carboxylic acids is 1. The van der Waals surface area contributed by atoms with E-state index < -0.39 is 35.2 Å². The van der Waals surface area contributed by atoms with Crippen LogP contribution < -0.4 is 5.32 Å². The topological polar surface area (TPSA) is 153 Å². The van der Waals surface area contributed by atoms with Gasteiger partial charge in [-0.05, 0) is 24.3 Å². The molecule has 0 aromatic heterocycles. The average molecular weight is 398 g/mol. The number of ether oxygens (including phenoxy) is 1. The number of carbonyl (C=O) groups excluding carboxylic acids is 3. The normalized spacial score (nSPS) is 10.3. The predicted octanol–water partition coefficient (Wildman–Crippen LogP) is 2.21. The number of nitrogens with zero attached hydrogens (tertiary/aromatic N) is 1. The van der Waals surface area contributed by atoms with Gasteiger partial charge in [-0.2, -0.15) is 0 Å². The van der Waals surface area contributed by atoms with Gasteiger partial charge in [-0.25, -0.2) is 9.59 Å². The second-order valence-electron chi connectivity index (χ2n) is 5.54. The molecule has 0 radical (unpaired) electrons. The summed E-state index contributed by atoms with van der Waals surface area (Å²) < 4.78 is 4.91. The van der Waals surface area contributed by atoms with Gasteiger partial charge < -0.3 is 15.2 Å². The molecule has 0 atom stereocenters. The zero-order valence-electron chi connectivity index (χ0n) is 14.7. The number of non-ortho nitro benzene ring substituents is 1. The minimum atomic E-state index is -1.27. The molecule has 29 heavy (non-hydrogen) atoms. The second kappa shape index (κ2) is 9.55. The number of esters is 1. The second-order valence-corrected chi connectivity index (χ2v) is 5.54. The van der Waals surface area contributed by atoms with Gasteiger partial charge in [0.1, 0.15) is 0 Å². The van der Waals surface area contributed by atoms with Crippen LogP contribution in [0.15, 0.2) is 60.7 Å². The molecule has 0 aliphatic carbocycles. The Balaban J connectivity index is 1.93. The molecule has 0 heterocycles. The van der Waals surface area contributed by atoms with Crippen molar-refractivity contribution in [3.63, 3.8) is 0 Å². The molecule has 0 fully saturated rings. The Bertz CT molecular complexity index is 996. The lowest BCUT2D eigenvalue weighted by Crippen LogP contribution is -2.14. The van der Waals surface area contributed by atoms with Crippen LogP contribution in [0.25, 0.3) is 0 Å². The minimum absolute atomic E-state index is 0.0412. The molecule has 1 amide bonds. The first kappa shape index (κ1) is 21.0. The molecule has 2 aromatic rings. The number of hydrogen-bond acceptors (Lipinski definition) is 7. The first-order valence-electron chi connectivity index (χ1n) is 8.03. The van der Waals surface area contributed by atoms with E-state index in [0.717, 1.165) is 12.1 Å². The lowest BCUT2D eigenvalue weighted by molar-refractivity contribution is -0.384. The third-order valence-corrected chi connectivity index (χ3v) is 3.48. The number of nitro benzene ring substituents is 1. The minimum Gasteiger partial charge on any atom is -0.478 e. The highest BCUT2D eigenvalue weighted by Gasteiger charge is 2.15. The quantitative estimate of drug-likeness (QED) is 0.226. The number of hydrogen-bond donors (Lipinski definition) is 2. The molecule has 0 unspecified atom stereocenters. The number of carboxylic acids is 1. The number of nitrogens with one attached hydrogen (secondary N) is 1. The zero-order chi connectivity index (χ0) is 21.4. The van der Waals surface area contributed by atoms with Crippen molar-refractivity contribution in [3.8, 4) is 0 Å². The summed E-state index contributed by atoms with van der Waals surface area (Å²) in [5.74, 6) is -3.33. The molecule has 2 N–H and O–H groups in total. The van der Waals surface area contributed by atoms with Crippen LogP contribution in [0.1, 0.15) is 20.7 Å². The number of anilines is 1. The van der Waals surface area contributed by atoms with E-state index in [0.29, 0.717) is 11.8 Å². The number of ketones is 1. The molecule has 0 bridgehead atoms. The number of benzene rings is 2. The first-order valence-corrected chi connectivity index (χ1v) is 8.03. The Hall–Kier alpha value is -4.34. The summed E-state index contributed by atoms with van der Waals surface area (Å²) in [7, 11) is 0. The van der Waals surface area contributed by atoms with Crippen LogP contribution in [0.5, 0.6) is 0 Å². The summed E-state index contributed by atoms with van der Waals surface area (Å²) in [4.78, 5) is 56.0. The van der Waals surface area contributed by atoms with Crippen molar-refractivity contribution in [2.45, 2.75) is 0 Å². The molecule has 0 aliphatic rings. The van der Waals surface area contributed by atoms with E-state index in [4.69, 9.17) is 9.84 Å². The number of nitro groups is 1. The summed E-state index contributed by atoms with van der Waals surface area (Å²) in [6.07, 6.45) is 1.52. The number of Topliss-reactive ketones (excluding diaryl/α,β-unsaturated/α-hetero) is 1. The Morgan fingerprint density at radius 3 is 2.34 bits per heavy atom. The van der Waals surface area contributed by atoms with Crippen LogP contribution in [0.2, 0.25) is 0 Å². The lowest BCUT2D eigenvalue weighted by atomic mass is 10.1. The molecular weight excluding hydrogens is 384 g/mol. The molecule has 10 nitrogen and oxygen atoms in total. The molecule has 10 heteroatoms. The van der Waals surface area contributed by atoms with Crippen LogP contribution in [-0.4, -0.2) is 40.3 Å². The van der Waals surface area contributed by atoms with E-state index in [1.807, 2.05) is 0 Å². The van der Waals surface area contributed by atoms with Crippen molar-refractivity contribution in [1.29, 1.82) is 0 Å². The van der Waals surface area contributed by atoms with Crippen LogP contribution in [0.3, 0.4) is 0 Å². The van der Waals surface area contributed by atoms with Crippen molar-refractivity contribution in [3.05, 3.63) is 81.9 Å². The third-order valence-electron chi connectivity index (χ3n) is 3.48. The highest BCUT2D eigenvalue weighted by atomic mass is 16.6. The Morgan fingerprint density at radius 1 is 1.03 bits per heavy atom. The molecule has 0 aliphatic heterocycles. The van der Waals surface area contributed by atoms with Gasteiger partial charge in [0, 0.05) is 35.5 Å².